The van der Waals surface area contributed by atoms with Crippen LogP contribution in [0.4, 0.5) is 5.82 Å². The van der Waals surface area contributed by atoms with E-state index in [1.54, 1.807) is 0 Å². The Morgan fingerprint density at radius 1 is 1.53 bits per heavy atom. The van der Waals surface area contributed by atoms with Crippen LogP contribution in [0.2, 0.25) is 0 Å². The molecule has 0 aliphatic heterocycles. The van der Waals surface area contributed by atoms with Crippen molar-refractivity contribution in [2.45, 2.75) is 52.1 Å². The number of hydrogen-bond donors (Lipinski definition) is 3. The van der Waals surface area contributed by atoms with Crippen molar-refractivity contribution in [1.29, 1.82) is 0 Å². The maximum atomic E-state index is 11.5. The van der Waals surface area contributed by atoms with Crippen LogP contribution >= 0.6 is 0 Å². The van der Waals surface area contributed by atoms with Crippen LogP contribution in [0.1, 0.15) is 51.8 Å². The number of aliphatic hydroxyl groups is 1. The Hall–Kier alpha value is -1.36. The molecule has 1 heterocycles. The SMILES string of the molecule is CC(C)(C)CC(O)CNc1cc(=O)[nH]c(C2CC2)n1. The van der Waals surface area contributed by atoms with E-state index in [4.69, 9.17) is 0 Å². The van der Waals surface area contributed by atoms with Gasteiger partial charge in [0.25, 0.3) is 5.56 Å². The van der Waals surface area contributed by atoms with E-state index in [9.17, 15) is 9.90 Å². The third kappa shape index (κ3) is 4.67. The molecule has 106 valence electrons. The number of hydrogen-bond acceptors (Lipinski definition) is 4. The second-order valence-corrected chi connectivity index (χ2v) is 6.59. The van der Waals surface area contributed by atoms with Gasteiger partial charge in [0.15, 0.2) is 0 Å². The highest BCUT2D eigenvalue weighted by molar-refractivity contribution is 5.34. The van der Waals surface area contributed by atoms with Crippen LogP contribution in [-0.4, -0.2) is 27.7 Å². The van der Waals surface area contributed by atoms with Crippen LogP contribution in [-0.2, 0) is 0 Å². The summed E-state index contributed by atoms with van der Waals surface area (Å²) in [5.41, 5.74) is -0.0493. The molecule has 0 spiro atoms. The fourth-order valence-corrected chi connectivity index (χ4v) is 2.12. The Morgan fingerprint density at radius 3 is 2.79 bits per heavy atom. The van der Waals surface area contributed by atoms with Crippen molar-refractivity contribution in [1.82, 2.24) is 9.97 Å². The van der Waals surface area contributed by atoms with Crippen LogP contribution in [0, 0.1) is 5.41 Å². The molecule has 0 saturated heterocycles. The molecule has 1 aromatic heterocycles. The Morgan fingerprint density at radius 2 is 2.21 bits per heavy atom. The molecule has 1 saturated carbocycles. The van der Waals surface area contributed by atoms with Gasteiger partial charge in [0.05, 0.1) is 6.10 Å². The highest BCUT2D eigenvalue weighted by Gasteiger charge is 2.26. The summed E-state index contributed by atoms with van der Waals surface area (Å²) in [6.07, 6.45) is 2.46. The predicted octanol–water partition coefficient (Wildman–Crippen LogP) is 1.86. The van der Waals surface area contributed by atoms with Crippen LogP contribution in [0.15, 0.2) is 10.9 Å². The summed E-state index contributed by atoms with van der Waals surface area (Å²) in [5, 5.41) is 13.0. The van der Waals surface area contributed by atoms with Gasteiger partial charge in [0.2, 0.25) is 0 Å². The van der Waals surface area contributed by atoms with Gasteiger partial charge in [-0.1, -0.05) is 20.8 Å². The summed E-state index contributed by atoms with van der Waals surface area (Å²) >= 11 is 0. The van der Waals surface area contributed by atoms with Gasteiger partial charge < -0.3 is 15.4 Å². The quantitative estimate of drug-likeness (QED) is 0.759. The number of nitrogens with one attached hydrogen (secondary N) is 2. The lowest BCUT2D eigenvalue weighted by Crippen LogP contribution is -2.26. The topological polar surface area (TPSA) is 78.0 Å². The third-order valence-corrected chi connectivity index (χ3v) is 3.09. The Kier molecular flexibility index (Phi) is 3.94. The average molecular weight is 265 g/mol. The number of H-pyrrole nitrogens is 1. The van der Waals surface area contributed by atoms with E-state index in [-0.39, 0.29) is 11.0 Å². The van der Waals surface area contributed by atoms with Gasteiger partial charge in [0, 0.05) is 18.5 Å². The second kappa shape index (κ2) is 5.33. The van der Waals surface area contributed by atoms with Crippen molar-refractivity contribution in [2.24, 2.45) is 5.41 Å². The highest BCUT2D eigenvalue weighted by Crippen LogP contribution is 2.37. The Labute approximate surface area is 113 Å². The van der Waals surface area contributed by atoms with Gasteiger partial charge in [-0.05, 0) is 24.7 Å². The number of rotatable bonds is 5. The normalized spacial score (nSPS) is 17.3. The van der Waals surface area contributed by atoms with E-state index in [1.165, 1.54) is 6.07 Å². The average Bonchev–Trinajstić information content (AvgIpc) is 3.07. The Bertz CT molecular complexity index is 486. The van der Waals surface area contributed by atoms with Gasteiger partial charge in [-0.2, -0.15) is 0 Å². The van der Waals surface area contributed by atoms with E-state index >= 15 is 0 Å². The van der Waals surface area contributed by atoms with E-state index in [0.29, 0.717) is 24.7 Å². The van der Waals surface area contributed by atoms with Crippen molar-refractivity contribution >= 4 is 5.82 Å². The fraction of sp³-hybridized carbons (Fsp3) is 0.714. The maximum absolute atomic E-state index is 11.5. The fourth-order valence-electron chi connectivity index (χ4n) is 2.12. The molecule has 1 aliphatic rings. The maximum Gasteiger partial charge on any atom is 0.252 e. The van der Waals surface area contributed by atoms with E-state index in [0.717, 1.165) is 18.7 Å². The molecule has 0 radical (unpaired) electrons. The van der Waals surface area contributed by atoms with Gasteiger partial charge >= 0.3 is 0 Å². The van der Waals surface area contributed by atoms with Gasteiger partial charge in [-0.25, -0.2) is 4.98 Å². The molecule has 1 fully saturated rings. The van der Waals surface area contributed by atoms with Crippen LogP contribution in [0.5, 0.6) is 0 Å². The molecule has 0 amide bonds. The van der Waals surface area contributed by atoms with Crippen LogP contribution < -0.4 is 10.9 Å². The standard InChI is InChI=1S/C14H23N3O2/c1-14(2,3)7-10(18)8-15-11-6-12(19)17-13(16-11)9-4-5-9/h6,9-10,18H,4-5,7-8H2,1-3H3,(H2,15,16,17,19). The van der Waals surface area contributed by atoms with Gasteiger partial charge in [-0.3, -0.25) is 4.79 Å². The summed E-state index contributed by atoms with van der Waals surface area (Å²) in [4.78, 5) is 18.7. The lowest BCUT2D eigenvalue weighted by atomic mass is 9.89. The summed E-state index contributed by atoms with van der Waals surface area (Å²) in [6, 6.07) is 1.44. The highest BCUT2D eigenvalue weighted by atomic mass is 16.3. The van der Waals surface area contributed by atoms with Crippen molar-refractivity contribution in [3.05, 3.63) is 22.2 Å². The van der Waals surface area contributed by atoms with Crippen LogP contribution in [0.3, 0.4) is 0 Å². The van der Waals surface area contributed by atoms with Gasteiger partial charge in [-0.15, -0.1) is 0 Å². The zero-order valence-corrected chi connectivity index (χ0v) is 11.9. The number of aromatic nitrogens is 2. The zero-order valence-electron chi connectivity index (χ0n) is 11.9. The third-order valence-electron chi connectivity index (χ3n) is 3.09. The molecule has 0 aromatic carbocycles. The first-order chi connectivity index (χ1) is 8.83. The van der Waals surface area contributed by atoms with Gasteiger partial charge in [0.1, 0.15) is 11.6 Å². The molecular weight excluding hydrogens is 242 g/mol. The van der Waals surface area contributed by atoms with Crippen molar-refractivity contribution < 1.29 is 5.11 Å². The zero-order chi connectivity index (χ0) is 14.0. The summed E-state index contributed by atoms with van der Waals surface area (Å²) in [6.45, 7) is 6.69. The number of nitrogens with zero attached hydrogens (tertiary/aromatic N) is 1. The summed E-state index contributed by atoms with van der Waals surface area (Å²) in [5.74, 6) is 1.73. The minimum atomic E-state index is -0.439. The first-order valence-corrected chi connectivity index (χ1v) is 6.87. The predicted molar refractivity (Wildman–Crippen MR) is 75.4 cm³/mol. The molecule has 5 nitrogen and oxygen atoms in total. The van der Waals surface area contributed by atoms with Crippen molar-refractivity contribution in [2.75, 3.05) is 11.9 Å². The second-order valence-electron chi connectivity index (χ2n) is 6.59. The molecule has 1 atom stereocenters. The van der Waals surface area contributed by atoms with E-state index in [2.05, 4.69) is 36.1 Å². The number of aromatic amines is 1. The summed E-state index contributed by atoms with van der Waals surface area (Å²) < 4.78 is 0. The molecule has 1 unspecified atom stereocenters. The minimum Gasteiger partial charge on any atom is -0.391 e. The molecule has 1 aliphatic carbocycles. The number of aliphatic hydroxyl groups excluding tert-OH is 1. The molecule has 2 rings (SSSR count). The first-order valence-electron chi connectivity index (χ1n) is 6.87. The lowest BCUT2D eigenvalue weighted by Gasteiger charge is -2.22. The molecule has 5 heteroatoms. The molecule has 1 aromatic rings. The lowest BCUT2D eigenvalue weighted by molar-refractivity contribution is 0.132. The van der Waals surface area contributed by atoms with E-state index in [1.807, 2.05) is 0 Å². The largest absolute Gasteiger partial charge is 0.391 e. The molecular formula is C14H23N3O2. The molecule has 3 N–H and O–H groups in total. The van der Waals surface area contributed by atoms with E-state index < -0.39 is 6.10 Å². The number of anilines is 1. The van der Waals surface area contributed by atoms with Crippen LogP contribution in [0.25, 0.3) is 0 Å². The van der Waals surface area contributed by atoms with Crippen molar-refractivity contribution in [3.63, 3.8) is 0 Å². The monoisotopic (exact) mass is 265 g/mol. The summed E-state index contributed by atoms with van der Waals surface area (Å²) in [7, 11) is 0. The minimum absolute atomic E-state index is 0.0852. The Balaban J connectivity index is 1.94. The van der Waals surface area contributed by atoms with Crippen molar-refractivity contribution in [3.8, 4) is 0 Å². The first kappa shape index (κ1) is 14.1. The molecule has 19 heavy (non-hydrogen) atoms. The smallest absolute Gasteiger partial charge is 0.252 e. The molecule has 0 bridgehead atoms.